The van der Waals surface area contributed by atoms with Crippen LogP contribution in [0.3, 0.4) is 0 Å². The molecule has 0 spiro atoms. The number of benzene rings is 1. The van der Waals surface area contributed by atoms with Gasteiger partial charge in [0.15, 0.2) is 5.11 Å². The maximum atomic E-state index is 12.6. The summed E-state index contributed by atoms with van der Waals surface area (Å²) >= 11 is 8.79. The SMILES string of the molecule is CC1=C(C(=O)N(C)C)C(c2ccc(Br)cc2)NC(=S)N1C. The maximum Gasteiger partial charge on any atom is 0.253 e. The van der Waals surface area contributed by atoms with E-state index in [1.807, 2.05) is 43.1 Å². The number of hydrogen-bond acceptors (Lipinski definition) is 2. The molecule has 0 fully saturated rings. The molecule has 1 atom stereocenters. The van der Waals surface area contributed by atoms with E-state index in [9.17, 15) is 4.79 Å². The van der Waals surface area contributed by atoms with Crippen molar-refractivity contribution in [3.05, 3.63) is 45.6 Å². The lowest BCUT2D eigenvalue weighted by atomic mass is 9.94. The second-order valence-electron chi connectivity index (χ2n) is 5.19. The van der Waals surface area contributed by atoms with Crippen LogP contribution < -0.4 is 5.32 Å². The first-order valence-corrected chi connectivity index (χ1v) is 7.75. The van der Waals surface area contributed by atoms with Crippen LogP contribution in [0.2, 0.25) is 0 Å². The number of rotatable bonds is 2. The molecule has 1 aliphatic rings. The molecular formula is C15H18BrN3OS. The molecule has 0 aliphatic carbocycles. The molecule has 1 heterocycles. The third-order valence-electron chi connectivity index (χ3n) is 3.59. The van der Waals surface area contributed by atoms with Crippen molar-refractivity contribution < 1.29 is 4.79 Å². The van der Waals surface area contributed by atoms with Gasteiger partial charge in [-0.05, 0) is 36.8 Å². The number of carbonyl (C=O) groups is 1. The standard InChI is InChI=1S/C15H18BrN3OS/c1-9-12(14(20)18(2)3)13(17-15(21)19(9)4)10-5-7-11(16)8-6-10/h5-8,13H,1-4H3,(H,17,21). The van der Waals surface area contributed by atoms with Gasteiger partial charge < -0.3 is 15.1 Å². The molecule has 0 bridgehead atoms. The summed E-state index contributed by atoms with van der Waals surface area (Å²) in [5, 5.41) is 3.88. The Morgan fingerprint density at radius 1 is 1.33 bits per heavy atom. The summed E-state index contributed by atoms with van der Waals surface area (Å²) in [5.74, 6) is -0.0118. The number of amides is 1. The molecule has 1 aliphatic heterocycles. The van der Waals surface area contributed by atoms with Crippen molar-refractivity contribution in [2.45, 2.75) is 13.0 Å². The molecule has 1 aromatic rings. The zero-order valence-corrected chi connectivity index (χ0v) is 14.9. The highest BCUT2D eigenvalue weighted by Crippen LogP contribution is 2.31. The molecular weight excluding hydrogens is 350 g/mol. The van der Waals surface area contributed by atoms with Gasteiger partial charge in [0.25, 0.3) is 5.91 Å². The molecule has 0 radical (unpaired) electrons. The minimum absolute atomic E-state index is 0.0118. The topological polar surface area (TPSA) is 35.6 Å². The van der Waals surface area contributed by atoms with Crippen molar-refractivity contribution >= 4 is 39.2 Å². The fourth-order valence-corrected chi connectivity index (χ4v) is 2.78. The third-order valence-corrected chi connectivity index (χ3v) is 4.51. The average Bonchev–Trinajstić information content (AvgIpc) is 2.44. The Kier molecular flexibility index (Phi) is 4.68. The van der Waals surface area contributed by atoms with Gasteiger partial charge in [-0.15, -0.1) is 0 Å². The number of likely N-dealkylation sites (N-methyl/N-ethyl adjacent to an activating group) is 1. The number of allylic oxidation sites excluding steroid dienone is 1. The highest BCUT2D eigenvalue weighted by molar-refractivity contribution is 9.10. The number of halogens is 1. The summed E-state index contributed by atoms with van der Waals surface area (Å²) in [7, 11) is 5.38. The predicted molar refractivity (Wildman–Crippen MR) is 91.8 cm³/mol. The molecule has 4 nitrogen and oxygen atoms in total. The second-order valence-corrected chi connectivity index (χ2v) is 6.49. The highest BCUT2D eigenvalue weighted by atomic mass is 79.9. The molecule has 1 N–H and O–H groups in total. The first-order chi connectivity index (χ1) is 9.82. The van der Waals surface area contributed by atoms with Crippen molar-refractivity contribution in [3.63, 3.8) is 0 Å². The minimum Gasteiger partial charge on any atom is -0.351 e. The van der Waals surface area contributed by atoms with Crippen LogP contribution in [0.25, 0.3) is 0 Å². The van der Waals surface area contributed by atoms with Gasteiger partial charge in [0.05, 0.1) is 11.6 Å². The van der Waals surface area contributed by atoms with Gasteiger partial charge in [-0.3, -0.25) is 4.79 Å². The largest absolute Gasteiger partial charge is 0.351 e. The van der Waals surface area contributed by atoms with E-state index >= 15 is 0 Å². The molecule has 0 saturated heterocycles. The van der Waals surface area contributed by atoms with E-state index < -0.39 is 0 Å². The molecule has 1 aromatic carbocycles. The molecule has 0 aromatic heterocycles. The lowest BCUT2D eigenvalue weighted by Gasteiger charge is -2.36. The van der Waals surface area contributed by atoms with Gasteiger partial charge in [-0.25, -0.2) is 0 Å². The highest BCUT2D eigenvalue weighted by Gasteiger charge is 2.33. The monoisotopic (exact) mass is 367 g/mol. The van der Waals surface area contributed by atoms with E-state index in [4.69, 9.17) is 12.2 Å². The van der Waals surface area contributed by atoms with E-state index in [1.165, 1.54) is 0 Å². The molecule has 2 rings (SSSR count). The zero-order valence-electron chi connectivity index (χ0n) is 12.5. The van der Waals surface area contributed by atoms with Gasteiger partial charge in [0, 0.05) is 31.3 Å². The fraction of sp³-hybridized carbons (Fsp3) is 0.333. The van der Waals surface area contributed by atoms with Gasteiger partial charge >= 0.3 is 0 Å². The number of nitrogens with one attached hydrogen (secondary N) is 1. The summed E-state index contributed by atoms with van der Waals surface area (Å²) in [6.45, 7) is 1.93. The molecule has 1 amide bonds. The summed E-state index contributed by atoms with van der Waals surface area (Å²) in [4.78, 5) is 16.0. The number of thiocarbonyl (C=S) groups is 1. The van der Waals surface area contributed by atoms with Crippen LogP contribution in [0.15, 0.2) is 40.0 Å². The summed E-state index contributed by atoms with van der Waals surface area (Å²) in [5.41, 5.74) is 2.61. The summed E-state index contributed by atoms with van der Waals surface area (Å²) < 4.78 is 1.00. The lowest BCUT2D eigenvalue weighted by Crippen LogP contribution is -2.47. The zero-order chi connectivity index (χ0) is 15.7. The molecule has 6 heteroatoms. The van der Waals surface area contributed by atoms with Crippen molar-refractivity contribution in [1.29, 1.82) is 0 Å². The van der Waals surface area contributed by atoms with Crippen LogP contribution in [0, 0.1) is 0 Å². The molecule has 21 heavy (non-hydrogen) atoms. The van der Waals surface area contributed by atoms with Crippen molar-refractivity contribution in [2.75, 3.05) is 21.1 Å². The van der Waals surface area contributed by atoms with Crippen LogP contribution >= 0.6 is 28.1 Å². The summed E-state index contributed by atoms with van der Waals surface area (Å²) in [6, 6.07) is 7.69. The van der Waals surface area contributed by atoms with Crippen LogP contribution in [0.5, 0.6) is 0 Å². The van der Waals surface area contributed by atoms with Gasteiger partial charge in [0.2, 0.25) is 0 Å². The van der Waals surface area contributed by atoms with E-state index in [0.29, 0.717) is 5.11 Å². The first kappa shape index (κ1) is 16.0. The van der Waals surface area contributed by atoms with Gasteiger partial charge in [-0.1, -0.05) is 28.1 Å². The minimum atomic E-state index is -0.225. The Morgan fingerprint density at radius 3 is 2.43 bits per heavy atom. The number of carbonyl (C=O) groups excluding carboxylic acids is 1. The van der Waals surface area contributed by atoms with Crippen LogP contribution in [0.1, 0.15) is 18.5 Å². The number of nitrogens with zero attached hydrogens (tertiary/aromatic N) is 2. The van der Waals surface area contributed by atoms with Gasteiger partial charge in [0.1, 0.15) is 0 Å². The molecule has 1 unspecified atom stereocenters. The number of hydrogen-bond donors (Lipinski definition) is 1. The van der Waals surface area contributed by atoms with Crippen molar-refractivity contribution in [1.82, 2.24) is 15.1 Å². The average molecular weight is 368 g/mol. The predicted octanol–water partition coefficient (Wildman–Crippen LogP) is 2.67. The van der Waals surface area contributed by atoms with E-state index in [-0.39, 0.29) is 11.9 Å². The quantitative estimate of drug-likeness (QED) is 0.815. The lowest BCUT2D eigenvalue weighted by molar-refractivity contribution is -0.125. The van der Waals surface area contributed by atoms with E-state index in [1.54, 1.807) is 19.0 Å². The Bertz CT molecular complexity index is 610. The molecule has 112 valence electrons. The Balaban J connectivity index is 2.53. The van der Waals surface area contributed by atoms with Crippen molar-refractivity contribution in [2.24, 2.45) is 0 Å². The van der Waals surface area contributed by atoms with Crippen LogP contribution in [-0.2, 0) is 4.79 Å². The third kappa shape index (κ3) is 3.11. The van der Waals surface area contributed by atoms with Gasteiger partial charge in [-0.2, -0.15) is 0 Å². The van der Waals surface area contributed by atoms with Crippen LogP contribution in [-0.4, -0.2) is 42.0 Å². The van der Waals surface area contributed by atoms with Crippen molar-refractivity contribution in [3.8, 4) is 0 Å². The molecule has 0 saturated carbocycles. The van der Waals surface area contributed by atoms with E-state index in [0.717, 1.165) is 21.3 Å². The second kappa shape index (κ2) is 6.15. The maximum absolute atomic E-state index is 12.6. The first-order valence-electron chi connectivity index (χ1n) is 6.55. The smallest absolute Gasteiger partial charge is 0.253 e. The Hall–Kier alpha value is -1.40. The Morgan fingerprint density at radius 2 is 1.90 bits per heavy atom. The van der Waals surface area contributed by atoms with Crippen LogP contribution in [0.4, 0.5) is 0 Å². The fourth-order valence-electron chi connectivity index (χ4n) is 2.26. The summed E-state index contributed by atoms with van der Waals surface area (Å²) in [6.07, 6.45) is 0. The Labute approximate surface area is 138 Å². The van der Waals surface area contributed by atoms with E-state index in [2.05, 4.69) is 21.2 Å². The normalized spacial score (nSPS) is 18.6.